The Bertz CT molecular complexity index is 1610. The average molecular weight is 843 g/mol. The van der Waals surface area contributed by atoms with E-state index in [1.54, 1.807) is 6.92 Å². The summed E-state index contributed by atoms with van der Waals surface area (Å²) in [5.74, 6) is -1.46. The van der Waals surface area contributed by atoms with Crippen LogP contribution in [0.3, 0.4) is 0 Å². The smallest absolute Gasteiger partial charge is 0.315 e. The molecule has 22 atom stereocenters. The maximum atomic E-state index is 14.9. The summed E-state index contributed by atoms with van der Waals surface area (Å²) >= 11 is 0. The number of carbonyl (C=O) groups is 1. The van der Waals surface area contributed by atoms with Gasteiger partial charge in [0.25, 0.3) is 0 Å². The second-order valence-corrected chi connectivity index (χ2v) is 21.2. The molecule has 16 heteroatoms. The van der Waals surface area contributed by atoms with Crippen LogP contribution in [-0.2, 0) is 23.7 Å². The van der Waals surface area contributed by atoms with Crippen molar-refractivity contribution in [2.75, 3.05) is 19.8 Å². The van der Waals surface area contributed by atoms with Crippen molar-refractivity contribution in [3.63, 3.8) is 0 Å². The van der Waals surface area contributed by atoms with Crippen molar-refractivity contribution in [2.45, 2.75) is 173 Å². The Hall–Kier alpha value is -1.35. The SMILES string of the molecule is C[C@@H]1[C@H]2C3=CC[C@@H]4[C@@]5(C)C[C@@H](O)[C@H](O)[C@@](C)(CO)[C@@H]5[C@H](O)C[C@@]4(C)[C@]3(C)CC[C@@]2(C(=O)O[C@@H]2O[C@H](CO[C@@H]3O[C@H](CO)[C@@H](O)[C@H](O)[C@H]3O)[C@@H](O)[C@H](O)[C@H]2O)CCC1(C)C. The van der Waals surface area contributed by atoms with Gasteiger partial charge in [-0.25, -0.2) is 0 Å². The number of esters is 1. The van der Waals surface area contributed by atoms with Crippen molar-refractivity contribution in [1.29, 1.82) is 0 Å². The van der Waals surface area contributed by atoms with E-state index in [4.69, 9.17) is 18.9 Å². The lowest BCUT2D eigenvalue weighted by Gasteiger charge is -2.72. The van der Waals surface area contributed by atoms with Gasteiger partial charge < -0.3 is 75.1 Å². The Balaban J connectivity index is 1.17. The molecule has 338 valence electrons. The molecule has 0 amide bonds. The molecule has 0 aromatic carbocycles. The van der Waals surface area contributed by atoms with E-state index in [0.29, 0.717) is 38.5 Å². The fourth-order valence-electron chi connectivity index (χ4n) is 14.0. The van der Waals surface area contributed by atoms with E-state index in [9.17, 15) is 61.0 Å². The van der Waals surface area contributed by atoms with Gasteiger partial charge in [-0.3, -0.25) is 4.79 Å². The van der Waals surface area contributed by atoms with Crippen molar-refractivity contribution < 1.29 is 79.9 Å². The summed E-state index contributed by atoms with van der Waals surface area (Å²) in [6.07, 6.45) is -13.9. The van der Waals surface area contributed by atoms with Crippen molar-refractivity contribution >= 4 is 5.97 Å². The van der Waals surface area contributed by atoms with Crippen LogP contribution in [0, 0.1) is 56.2 Å². The van der Waals surface area contributed by atoms with E-state index in [0.717, 1.165) is 5.57 Å². The first-order valence-electron chi connectivity index (χ1n) is 21.6. The lowest BCUT2D eigenvalue weighted by atomic mass is 9.32. The van der Waals surface area contributed by atoms with Crippen LogP contribution in [0.1, 0.15) is 93.4 Å². The van der Waals surface area contributed by atoms with Gasteiger partial charge in [-0.1, -0.05) is 60.1 Å². The van der Waals surface area contributed by atoms with Crippen LogP contribution in [-0.4, -0.2) is 162 Å². The molecule has 0 unspecified atom stereocenters. The van der Waals surface area contributed by atoms with Gasteiger partial charge in [-0.15, -0.1) is 0 Å². The number of carbonyl (C=O) groups excluding carboxylic acids is 1. The standard InChI is InChI=1S/C43H70O16/c1-19-26-20-8-9-25-39(4)14-22(47)34(54)40(5,18-45)33(39)21(46)15-42(25,7)41(20,6)11-13-43(26,12-10-38(19,2)3)37(55)59-36-32(53)30(51)28(49)24(58-36)17-56-35-31(52)29(50)27(48)23(16-44)57-35/h8,19,21-36,44-54H,9-18H2,1-7H3/t19-,21-,22-,23-,24-,25-,26+,27-,28-,29+,30+,31-,32-,33-,34+,35-,36+,39-,40+,41-,42-,43+/m1/s1. The number of allylic oxidation sites excluding steroid dienone is 2. The molecule has 2 aliphatic heterocycles. The molecule has 2 saturated heterocycles. The average Bonchev–Trinajstić information content (AvgIpc) is 3.18. The van der Waals surface area contributed by atoms with Gasteiger partial charge in [0.1, 0.15) is 48.8 Å². The number of rotatable bonds is 7. The third kappa shape index (κ3) is 6.56. The van der Waals surface area contributed by atoms with Gasteiger partial charge >= 0.3 is 5.97 Å². The largest absolute Gasteiger partial charge is 0.432 e. The summed E-state index contributed by atoms with van der Waals surface area (Å²) in [5.41, 5.74) is -2.90. The van der Waals surface area contributed by atoms with Crippen molar-refractivity contribution in [2.24, 2.45) is 56.2 Å². The third-order valence-electron chi connectivity index (χ3n) is 18.0. The Morgan fingerprint density at radius 2 is 1.34 bits per heavy atom. The van der Waals surface area contributed by atoms with Crippen LogP contribution < -0.4 is 0 Å². The molecule has 2 heterocycles. The van der Waals surface area contributed by atoms with Crippen molar-refractivity contribution in [3.8, 4) is 0 Å². The Kier molecular flexibility index (Phi) is 11.9. The number of aliphatic hydroxyl groups is 11. The Morgan fingerprint density at radius 1 is 0.746 bits per heavy atom. The van der Waals surface area contributed by atoms with Gasteiger partial charge in [0, 0.05) is 11.3 Å². The highest BCUT2D eigenvalue weighted by Gasteiger charge is 2.73. The van der Waals surface area contributed by atoms with Crippen LogP contribution in [0.2, 0.25) is 0 Å². The van der Waals surface area contributed by atoms with Gasteiger partial charge in [0.15, 0.2) is 6.29 Å². The number of fused-ring (bicyclic) bond motifs is 7. The van der Waals surface area contributed by atoms with E-state index in [2.05, 4.69) is 47.6 Å². The molecule has 0 bridgehead atoms. The third-order valence-corrected chi connectivity index (χ3v) is 18.0. The van der Waals surface area contributed by atoms with Gasteiger partial charge in [0.05, 0.1) is 43.5 Å². The Morgan fingerprint density at radius 3 is 1.97 bits per heavy atom. The number of aliphatic hydroxyl groups excluding tert-OH is 11. The highest BCUT2D eigenvalue weighted by Crippen LogP contribution is 2.76. The van der Waals surface area contributed by atoms with E-state index < -0.39 is 132 Å². The first-order chi connectivity index (χ1) is 27.4. The van der Waals surface area contributed by atoms with Crippen molar-refractivity contribution in [1.82, 2.24) is 0 Å². The minimum Gasteiger partial charge on any atom is -0.432 e. The summed E-state index contributed by atoms with van der Waals surface area (Å²) in [6, 6.07) is 0. The second-order valence-electron chi connectivity index (χ2n) is 21.2. The molecule has 16 nitrogen and oxygen atoms in total. The zero-order chi connectivity index (χ0) is 43.6. The molecule has 4 saturated carbocycles. The van der Waals surface area contributed by atoms with E-state index in [1.807, 2.05) is 0 Å². The maximum Gasteiger partial charge on any atom is 0.315 e. The monoisotopic (exact) mass is 842 g/mol. The predicted octanol–water partition coefficient (Wildman–Crippen LogP) is -0.524. The van der Waals surface area contributed by atoms with Crippen LogP contribution in [0.25, 0.3) is 0 Å². The highest BCUT2D eigenvalue weighted by atomic mass is 16.7. The quantitative estimate of drug-likeness (QED) is 0.114. The van der Waals surface area contributed by atoms with E-state index in [-0.39, 0.29) is 36.2 Å². The summed E-state index contributed by atoms with van der Waals surface area (Å²) in [7, 11) is 0. The molecule has 5 aliphatic carbocycles. The van der Waals surface area contributed by atoms with Crippen molar-refractivity contribution in [3.05, 3.63) is 11.6 Å². The Labute approximate surface area is 346 Å². The first kappa shape index (κ1) is 45.7. The topological polar surface area (TPSA) is 277 Å². The molecule has 7 aliphatic rings. The summed E-state index contributed by atoms with van der Waals surface area (Å²) in [6.45, 7) is 13.2. The summed E-state index contributed by atoms with van der Waals surface area (Å²) in [4.78, 5) is 14.9. The number of hydrogen-bond donors (Lipinski definition) is 11. The van der Waals surface area contributed by atoms with E-state index in [1.165, 1.54) is 0 Å². The van der Waals surface area contributed by atoms with Gasteiger partial charge in [0.2, 0.25) is 6.29 Å². The molecular formula is C43H70O16. The molecule has 59 heavy (non-hydrogen) atoms. The first-order valence-corrected chi connectivity index (χ1v) is 21.6. The maximum absolute atomic E-state index is 14.9. The van der Waals surface area contributed by atoms with E-state index >= 15 is 0 Å². The number of ether oxygens (including phenoxy) is 4. The molecule has 7 rings (SSSR count). The van der Waals surface area contributed by atoms with Crippen LogP contribution in [0.15, 0.2) is 11.6 Å². The van der Waals surface area contributed by atoms with Crippen LogP contribution in [0.5, 0.6) is 0 Å². The second kappa shape index (κ2) is 15.4. The lowest BCUT2D eigenvalue weighted by molar-refractivity contribution is -0.328. The molecule has 11 N–H and O–H groups in total. The fraction of sp³-hybridized carbons (Fsp3) is 0.930. The summed E-state index contributed by atoms with van der Waals surface area (Å²) in [5, 5.41) is 119. The molecule has 0 aromatic heterocycles. The molecule has 6 fully saturated rings. The van der Waals surface area contributed by atoms with Crippen LogP contribution >= 0.6 is 0 Å². The number of hydrogen-bond acceptors (Lipinski definition) is 16. The zero-order valence-electron chi connectivity index (χ0n) is 35.4. The zero-order valence-corrected chi connectivity index (χ0v) is 35.4. The predicted molar refractivity (Wildman–Crippen MR) is 206 cm³/mol. The molecule has 0 radical (unpaired) electrons. The normalized spacial score (nSPS) is 55.8. The summed E-state index contributed by atoms with van der Waals surface area (Å²) < 4.78 is 23.0. The lowest BCUT2D eigenvalue weighted by Crippen LogP contribution is -2.71. The minimum absolute atomic E-state index is 0.0275. The van der Waals surface area contributed by atoms with Gasteiger partial charge in [-0.05, 0) is 84.4 Å². The highest BCUT2D eigenvalue weighted by molar-refractivity contribution is 5.79. The molecule has 0 spiro atoms. The van der Waals surface area contributed by atoms with Crippen LogP contribution in [0.4, 0.5) is 0 Å². The van der Waals surface area contributed by atoms with Gasteiger partial charge in [-0.2, -0.15) is 0 Å². The molecule has 0 aromatic rings. The minimum atomic E-state index is -1.83. The molecular weight excluding hydrogens is 772 g/mol. The fourth-order valence-corrected chi connectivity index (χ4v) is 14.0.